The summed E-state index contributed by atoms with van der Waals surface area (Å²) < 4.78 is 11.3. The van der Waals surface area contributed by atoms with E-state index in [-0.39, 0.29) is 18.2 Å². The van der Waals surface area contributed by atoms with Crippen molar-refractivity contribution < 1.29 is 29.0 Å². The summed E-state index contributed by atoms with van der Waals surface area (Å²) in [4.78, 5) is 44.1. The van der Waals surface area contributed by atoms with Crippen molar-refractivity contribution in [3.63, 3.8) is 0 Å². The predicted octanol–water partition coefficient (Wildman–Crippen LogP) is 3.37. The summed E-state index contributed by atoms with van der Waals surface area (Å²) in [6.45, 7) is 6.76. The van der Waals surface area contributed by atoms with Crippen LogP contribution in [-0.4, -0.2) is 60.0 Å². The second kappa shape index (κ2) is 9.28. The minimum atomic E-state index is -1.77. The molecule has 2 unspecified atom stereocenters. The molecule has 1 N–H and O–H groups in total. The van der Waals surface area contributed by atoms with Gasteiger partial charge in [0.05, 0.1) is 17.4 Å². The molecule has 2 aromatic rings. The monoisotopic (exact) mass is 488 g/mol. The third kappa shape index (κ3) is 3.44. The number of likely N-dealkylation sites (N-methyl/N-ethyl adjacent to an activating group) is 1. The second-order valence-corrected chi connectivity index (χ2v) is 9.00. The molecule has 8 heteroatoms. The lowest BCUT2D eigenvalue weighted by Gasteiger charge is -2.35. The van der Waals surface area contributed by atoms with Crippen LogP contribution in [0.2, 0.25) is 0 Å². The number of para-hydroxylation sites is 1. The first-order valence-corrected chi connectivity index (χ1v) is 12.1. The number of aliphatic hydroxyl groups is 1. The molecule has 36 heavy (non-hydrogen) atoms. The number of likely N-dealkylation sites (tertiary alicyclic amines) is 1. The molecule has 0 aliphatic carbocycles. The third-order valence-corrected chi connectivity index (χ3v) is 7.03. The number of anilines is 1. The first kappa shape index (κ1) is 23.8. The lowest BCUT2D eigenvalue weighted by atomic mass is 9.81. The van der Waals surface area contributed by atoms with Gasteiger partial charge in [-0.25, -0.2) is 0 Å². The molecule has 1 spiro atoms. The van der Waals surface area contributed by atoms with Crippen LogP contribution in [0.1, 0.15) is 30.9 Å². The fourth-order valence-corrected chi connectivity index (χ4v) is 5.43. The number of fused-ring (bicyclic) bond motifs is 2. The summed E-state index contributed by atoms with van der Waals surface area (Å²) >= 11 is 0. The van der Waals surface area contributed by atoms with Crippen molar-refractivity contribution in [3.05, 3.63) is 77.9 Å². The average molecular weight is 489 g/mol. The van der Waals surface area contributed by atoms with E-state index in [1.807, 2.05) is 13.0 Å². The average Bonchev–Trinajstić information content (AvgIpc) is 3.56. The molecule has 0 saturated carbocycles. The highest BCUT2D eigenvalue weighted by atomic mass is 16.5. The molecule has 0 aromatic heterocycles. The Balaban J connectivity index is 1.71. The topological polar surface area (TPSA) is 96.4 Å². The second-order valence-electron chi connectivity index (χ2n) is 9.00. The standard InChI is InChI=1S/C28H28N2O6/c1-3-15-35-19-13-11-18(12-14-19)24(31)23-25(32)26(33)30(17-20-8-7-16-36-20)28(23)21-9-5-6-10-22(21)29(4-2)27(28)34/h3,5-6,9-14,20,31H,1,4,7-8,15-17H2,2H3. The highest BCUT2D eigenvalue weighted by molar-refractivity contribution is 6.50. The summed E-state index contributed by atoms with van der Waals surface area (Å²) in [5.41, 5.74) is -0.575. The number of aliphatic hydroxyl groups excluding tert-OH is 1. The Kier molecular flexibility index (Phi) is 6.14. The zero-order valence-electron chi connectivity index (χ0n) is 20.1. The van der Waals surface area contributed by atoms with Crippen molar-refractivity contribution in [3.8, 4) is 5.75 Å². The summed E-state index contributed by atoms with van der Waals surface area (Å²) in [5, 5.41) is 11.5. The van der Waals surface area contributed by atoms with Crippen LogP contribution in [0.5, 0.6) is 5.75 Å². The Morgan fingerprint density at radius 2 is 1.94 bits per heavy atom. The van der Waals surface area contributed by atoms with Gasteiger partial charge in [0.2, 0.25) is 0 Å². The molecule has 5 rings (SSSR count). The molecule has 186 valence electrons. The molecular formula is C28H28N2O6. The molecule has 3 heterocycles. The van der Waals surface area contributed by atoms with Gasteiger partial charge in [0.15, 0.2) is 5.54 Å². The van der Waals surface area contributed by atoms with Gasteiger partial charge in [-0.1, -0.05) is 30.9 Å². The zero-order chi connectivity index (χ0) is 25.4. The minimum absolute atomic E-state index is 0.0767. The van der Waals surface area contributed by atoms with E-state index in [0.29, 0.717) is 42.3 Å². The number of benzene rings is 2. The number of ketones is 1. The van der Waals surface area contributed by atoms with Crippen molar-refractivity contribution in [1.29, 1.82) is 0 Å². The lowest BCUT2D eigenvalue weighted by molar-refractivity contribution is -0.145. The molecule has 2 fully saturated rings. The van der Waals surface area contributed by atoms with Crippen molar-refractivity contribution in [1.82, 2.24) is 4.90 Å². The van der Waals surface area contributed by atoms with Crippen LogP contribution >= 0.6 is 0 Å². The van der Waals surface area contributed by atoms with Gasteiger partial charge >= 0.3 is 0 Å². The van der Waals surface area contributed by atoms with Gasteiger partial charge in [0.1, 0.15) is 18.1 Å². The quantitative estimate of drug-likeness (QED) is 0.278. The van der Waals surface area contributed by atoms with E-state index in [4.69, 9.17) is 9.47 Å². The Hall–Kier alpha value is -3.91. The molecule has 8 nitrogen and oxygen atoms in total. The van der Waals surface area contributed by atoms with Gasteiger partial charge in [-0.15, -0.1) is 0 Å². The molecule has 0 bridgehead atoms. The molecular weight excluding hydrogens is 460 g/mol. The smallest absolute Gasteiger partial charge is 0.296 e. The molecule has 2 saturated heterocycles. The van der Waals surface area contributed by atoms with Gasteiger partial charge in [-0.2, -0.15) is 0 Å². The van der Waals surface area contributed by atoms with Gasteiger partial charge in [-0.3, -0.25) is 14.4 Å². The lowest BCUT2D eigenvalue weighted by Crippen LogP contribution is -2.53. The number of amides is 2. The number of nitrogens with zero attached hydrogens (tertiary/aromatic N) is 2. The maximum atomic E-state index is 14.2. The summed E-state index contributed by atoms with van der Waals surface area (Å²) in [7, 11) is 0. The molecule has 3 aliphatic heterocycles. The van der Waals surface area contributed by atoms with E-state index < -0.39 is 28.9 Å². The normalized spacial score (nSPS) is 24.6. The first-order chi connectivity index (χ1) is 17.4. The van der Waals surface area contributed by atoms with E-state index in [2.05, 4.69) is 6.58 Å². The molecule has 2 aromatic carbocycles. The largest absolute Gasteiger partial charge is 0.507 e. The Morgan fingerprint density at radius 1 is 1.19 bits per heavy atom. The van der Waals surface area contributed by atoms with Crippen LogP contribution in [0.25, 0.3) is 5.76 Å². The highest BCUT2D eigenvalue weighted by Gasteiger charge is 2.67. The molecule has 0 radical (unpaired) electrons. The first-order valence-electron chi connectivity index (χ1n) is 12.1. The van der Waals surface area contributed by atoms with E-state index in [1.165, 1.54) is 4.90 Å². The molecule has 3 aliphatic rings. The molecule has 2 atom stereocenters. The van der Waals surface area contributed by atoms with Gasteiger partial charge in [0, 0.05) is 30.8 Å². The number of rotatable bonds is 7. The number of hydrogen-bond donors (Lipinski definition) is 1. The number of carbonyl (C=O) groups excluding carboxylic acids is 3. The summed E-state index contributed by atoms with van der Waals surface area (Å²) in [5.74, 6) is -1.99. The zero-order valence-corrected chi connectivity index (χ0v) is 20.1. The van der Waals surface area contributed by atoms with E-state index >= 15 is 0 Å². The van der Waals surface area contributed by atoms with Crippen molar-refractivity contribution in [2.24, 2.45) is 0 Å². The van der Waals surface area contributed by atoms with Crippen LogP contribution in [0.4, 0.5) is 5.69 Å². The van der Waals surface area contributed by atoms with E-state index in [1.54, 1.807) is 53.4 Å². The minimum Gasteiger partial charge on any atom is -0.507 e. The van der Waals surface area contributed by atoms with Crippen LogP contribution < -0.4 is 9.64 Å². The Morgan fingerprint density at radius 3 is 2.61 bits per heavy atom. The van der Waals surface area contributed by atoms with Gasteiger partial charge < -0.3 is 24.4 Å². The van der Waals surface area contributed by atoms with Crippen molar-refractivity contribution in [2.75, 3.05) is 31.2 Å². The third-order valence-electron chi connectivity index (χ3n) is 7.03. The SMILES string of the molecule is C=CCOc1ccc(C(O)=C2C(=O)C(=O)N(CC3CCCO3)C23C(=O)N(CC)c2ccccc23)cc1. The number of hydrogen-bond acceptors (Lipinski definition) is 6. The number of carbonyl (C=O) groups is 3. The number of Topliss-reactive ketones (excluding diaryl/α,β-unsaturated/α-hetero) is 1. The van der Waals surface area contributed by atoms with Crippen LogP contribution in [-0.2, 0) is 24.7 Å². The number of ether oxygens (including phenoxy) is 2. The highest BCUT2D eigenvalue weighted by Crippen LogP contribution is 2.53. The van der Waals surface area contributed by atoms with Crippen molar-refractivity contribution in [2.45, 2.75) is 31.4 Å². The maximum Gasteiger partial charge on any atom is 0.296 e. The Labute approximate surface area is 209 Å². The predicted molar refractivity (Wildman–Crippen MR) is 134 cm³/mol. The fourth-order valence-electron chi connectivity index (χ4n) is 5.43. The van der Waals surface area contributed by atoms with Crippen molar-refractivity contribution >= 4 is 29.0 Å². The Bertz CT molecular complexity index is 1260. The fraction of sp³-hybridized carbons (Fsp3) is 0.321. The van der Waals surface area contributed by atoms with Gasteiger partial charge in [-0.05, 0) is 50.1 Å². The van der Waals surface area contributed by atoms with E-state index in [9.17, 15) is 19.5 Å². The summed E-state index contributed by atoms with van der Waals surface area (Å²) in [6, 6.07) is 13.6. The maximum absolute atomic E-state index is 14.2. The van der Waals surface area contributed by atoms with E-state index in [0.717, 1.165) is 12.8 Å². The summed E-state index contributed by atoms with van der Waals surface area (Å²) in [6.07, 6.45) is 2.88. The van der Waals surface area contributed by atoms with Crippen LogP contribution in [0.15, 0.2) is 66.8 Å². The molecule has 2 amide bonds. The van der Waals surface area contributed by atoms with Crippen LogP contribution in [0, 0.1) is 0 Å². The van der Waals surface area contributed by atoms with Gasteiger partial charge in [0.25, 0.3) is 17.6 Å². The van der Waals surface area contributed by atoms with Crippen LogP contribution in [0.3, 0.4) is 0 Å².